The minimum absolute atomic E-state index is 0.133. The molecule has 1 amide bonds. The van der Waals surface area contributed by atoms with Gasteiger partial charge in [-0.2, -0.15) is 0 Å². The van der Waals surface area contributed by atoms with Crippen LogP contribution >= 0.6 is 24.0 Å². The van der Waals surface area contributed by atoms with Crippen LogP contribution in [0, 0.1) is 0 Å². The van der Waals surface area contributed by atoms with Crippen molar-refractivity contribution < 1.29 is 19.4 Å². The van der Waals surface area contributed by atoms with Crippen LogP contribution in [0.4, 0.5) is 5.69 Å². The van der Waals surface area contributed by atoms with Crippen LogP contribution in [-0.2, 0) is 4.79 Å². The van der Waals surface area contributed by atoms with Crippen molar-refractivity contribution in [3.63, 3.8) is 0 Å². The number of carbonyl (C=O) groups excluding carboxylic acids is 1. The zero-order chi connectivity index (χ0) is 18.0. The van der Waals surface area contributed by atoms with Gasteiger partial charge >= 0.3 is 5.97 Å². The number of carbonyl (C=O) groups is 2. The van der Waals surface area contributed by atoms with Gasteiger partial charge in [0.2, 0.25) is 0 Å². The first kappa shape index (κ1) is 17.2. The van der Waals surface area contributed by atoms with Gasteiger partial charge in [0.25, 0.3) is 5.91 Å². The monoisotopic (exact) mass is 371 g/mol. The molecule has 0 bridgehead atoms. The number of hydrogen-bond acceptors (Lipinski definition) is 5. The molecule has 5 nitrogen and oxygen atoms in total. The lowest BCUT2D eigenvalue weighted by Crippen LogP contribution is -2.27. The van der Waals surface area contributed by atoms with Crippen LogP contribution in [0.3, 0.4) is 0 Å². The highest BCUT2D eigenvalue weighted by Crippen LogP contribution is 2.37. The van der Waals surface area contributed by atoms with E-state index in [9.17, 15) is 14.7 Å². The summed E-state index contributed by atoms with van der Waals surface area (Å²) in [6.07, 6.45) is 1.56. The fraction of sp³-hybridized carbons (Fsp3) is 0.0556. The summed E-state index contributed by atoms with van der Waals surface area (Å²) in [5, 5.41) is 9.27. The van der Waals surface area contributed by atoms with E-state index in [1.165, 1.54) is 11.0 Å². The highest BCUT2D eigenvalue weighted by atomic mass is 32.2. The Morgan fingerprint density at radius 3 is 2.72 bits per heavy atom. The Morgan fingerprint density at radius 2 is 2.00 bits per heavy atom. The first-order chi connectivity index (χ1) is 12.0. The Hall–Kier alpha value is -2.64. The van der Waals surface area contributed by atoms with Gasteiger partial charge in [0.05, 0.1) is 23.3 Å². The van der Waals surface area contributed by atoms with Gasteiger partial charge in [0, 0.05) is 6.07 Å². The number of hydrogen-bond donors (Lipinski definition) is 1. The lowest BCUT2D eigenvalue weighted by molar-refractivity contribution is -0.113. The van der Waals surface area contributed by atoms with Crippen LogP contribution in [-0.4, -0.2) is 28.4 Å². The van der Waals surface area contributed by atoms with Crippen molar-refractivity contribution in [3.05, 3.63) is 64.6 Å². The van der Waals surface area contributed by atoms with E-state index in [2.05, 4.69) is 0 Å². The molecule has 3 rings (SSSR count). The summed E-state index contributed by atoms with van der Waals surface area (Å²) in [7, 11) is 1.55. The van der Waals surface area contributed by atoms with Crippen molar-refractivity contribution >= 4 is 51.9 Å². The van der Waals surface area contributed by atoms with E-state index < -0.39 is 5.97 Å². The van der Waals surface area contributed by atoms with Crippen molar-refractivity contribution in [3.8, 4) is 5.75 Å². The molecule has 0 atom stereocenters. The smallest absolute Gasteiger partial charge is 0.336 e. The van der Waals surface area contributed by atoms with Crippen molar-refractivity contribution in [2.45, 2.75) is 0 Å². The Kier molecular flexibility index (Phi) is 4.87. The Balaban J connectivity index is 1.98. The van der Waals surface area contributed by atoms with Crippen LogP contribution in [0.25, 0.3) is 6.08 Å². The first-order valence-corrected chi connectivity index (χ1v) is 8.48. The van der Waals surface area contributed by atoms with Gasteiger partial charge in [-0.05, 0) is 29.8 Å². The van der Waals surface area contributed by atoms with Gasteiger partial charge in [0.15, 0.2) is 4.32 Å². The largest absolute Gasteiger partial charge is 0.497 e. The third-order valence-electron chi connectivity index (χ3n) is 3.58. The van der Waals surface area contributed by atoms with Gasteiger partial charge in [-0.3, -0.25) is 9.69 Å². The van der Waals surface area contributed by atoms with E-state index in [-0.39, 0.29) is 11.5 Å². The Morgan fingerprint density at radius 1 is 1.24 bits per heavy atom. The number of amides is 1. The van der Waals surface area contributed by atoms with Gasteiger partial charge < -0.3 is 9.84 Å². The number of thioether (sulfide) groups is 1. The summed E-state index contributed by atoms with van der Waals surface area (Å²) in [6.45, 7) is 0. The predicted molar refractivity (Wildman–Crippen MR) is 102 cm³/mol. The van der Waals surface area contributed by atoms with E-state index in [0.29, 0.717) is 26.2 Å². The molecule has 1 fully saturated rings. The number of thiocarbonyl (C=S) groups is 1. The van der Waals surface area contributed by atoms with Crippen molar-refractivity contribution in [1.82, 2.24) is 0 Å². The molecule has 0 saturated carbocycles. The van der Waals surface area contributed by atoms with E-state index in [1.807, 2.05) is 0 Å². The minimum atomic E-state index is -1.05. The number of carboxylic acid groups (broad SMARTS) is 1. The number of rotatable bonds is 4. The molecule has 1 aliphatic heterocycles. The lowest BCUT2D eigenvalue weighted by atomic mass is 10.1. The number of anilines is 1. The van der Waals surface area contributed by atoms with Crippen molar-refractivity contribution in [1.29, 1.82) is 0 Å². The van der Waals surface area contributed by atoms with Crippen molar-refractivity contribution in [2.24, 2.45) is 0 Å². The van der Waals surface area contributed by atoms with Crippen LogP contribution < -0.4 is 9.64 Å². The van der Waals surface area contributed by atoms with Crippen LogP contribution in [0.5, 0.6) is 5.75 Å². The molecule has 1 N–H and O–H groups in total. The standard InChI is InChI=1S/C18H13NO4S2/c1-23-13-7-4-6-12(10-13)19-16(20)15(25-18(19)24)9-11-5-2-3-8-14(11)17(21)22/h2-10H,1H3,(H,21,22). The van der Waals surface area contributed by atoms with E-state index in [0.717, 1.165) is 11.8 Å². The highest BCUT2D eigenvalue weighted by Gasteiger charge is 2.33. The number of carboxylic acids is 1. The molecule has 1 aliphatic rings. The van der Waals surface area contributed by atoms with Gasteiger partial charge in [-0.1, -0.05) is 48.2 Å². The molecule has 2 aromatic rings. The molecule has 0 aliphatic carbocycles. The van der Waals surface area contributed by atoms with Crippen molar-refractivity contribution in [2.75, 3.05) is 12.0 Å². The molecule has 0 aromatic heterocycles. The van der Waals surface area contributed by atoms with Crippen LogP contribution in [0.2, 0.25) is 0 Å². The second-order valence-corrected chi connectivity index (χ2v) is 6.79. The first-order valence-electron chi connectivity index (χ1n) is 7.25. The molecule has 2 aromatic carbocycles. The number of ether oxygens (including phenoxy) is 1. The zero-order valence-corrected chi connectivity index (χ0v) is 14.8. The fourth-order valence-corrected chi connectivity index (χ4v) is 3.69. The average Bonchev–Trinajstić information content (AvgIpc) is 2.89. The maximum absolute atomic E-state index is 12.8. The Bertz CT molecular complexity index is 907. The topological polar surface area (TPSA) is 66.8 Å². The molecular formula is C18H13NO4S2. The normalized spacial score (nSPS) is 15.7. The lowest BCUT2D eigenvalue weighted by Gasteiger charge is -2.15. The second kappa shape index (κ2) is 7.08. The number of methoxy groups -OCH3 is 1. The van der Waals surface area contributed by atoms with Gasteiger partial charge in [-0.15, -0.1) is 0 Å². The van der Waals surface area contributed by atoms with E-state index >= 15 is 0 Å². The molecule has 0 radical (unpaired) electrons. The Labute approximate surface area is 153 Å². The number of nitrogens with zero attached hydrogens (tertiary/aromatic N) is 1. The van der Waals surface area contributed by atoms with Crippen LogP contribution in [0.1, 0.15) is 15.9 Å². The molecule has 7 heteroatoms. The molecule has 0 spiro atoms. The number of aromatic carboxylic acids is 1. The summed E-state index contributed by atoms with van der Waals surface area (Å²) in [4.78, 5) is 25.9. The number of benzene rings is 2. The summed E-state index contributed by atoms with van der Waals surface area (Å²) in [6, 6.07) is 13.6. The van der Waals surface area contributed by atoms with Crippen LogP contribution in [0.15, 0.2) is 53.4 Å². The quantitative estimate of drug-likeness (QED) is 0.651. The van der Waals surface area contributed by atoms with Gasteiger partial charge in [0.1, 0.15) is 5.75 Å². The third kappa shape index (κ3) is 3.42. The van der Waals surface area contributed by atoms with E-state index in [4.69, 9.17) is 17.0 Å². The summed E-state index contributed by atoms with van der Waals surface area (Å²) < 4.78 is 5.57. The molecule has 25 heavy (non-hydrogen) atoms. The second-order valence-electron chi connectivity index (χ2n) is 5.11. The molecule has 1 heterocycles. The maximum Gasteiger partial charge on any atom is 0.336 e. The van der Waals surface area contributed by atoms with E-state index in [1.54, 1.807) is 55.7 Å². The molecular weight excluding hydrogens is 358 g/mol. The highest BCUT2D eigenvalue weighted by molar-refractivity contribution is 8.27. The SMILES string of the molecule is COc1cccc(N2C(=O)C(=Cc3ccccc3C(=O)O)SC2=S)c1. The fourth-order valence-electron chi connectivity index (χ4n) is 2.40. The molecule has 0 unspecified atom stereocenters. The maximum atomic E-state index is 12.8. The van der Waals surface area contributed by atoms with Gasteiger partial charge in [-0.25, -0.2) is 4.79 Å². The summed E-state index contributed by atoms with van der Waals surface area (Å²) >= 11 is 6.47. The average molecular weight is 371 g/mol. The summed E-state index contributed by atoms with van der Waals surface area (Å²) in [5.74, 6) is -0.717. The molecule has 126 valence electrons. The minimum Gasteiger partial charge on any atom is -0.497 e. The summed E-state index contributed by atoms with van der Waals surface area (Å²) in [5.41, 5.74) is 1.20. The third-order valence-corrected chi connectivity index (χ3v) is 4.89. The molecule has 1 saturated heterocycles. The predicted octanol–water partition coefficient (Wildman–Crippen LogP) is 3.80. The zero-order valence-electron chi connectivity index (χ0n) is 13.1.